The van der Waals surface area contributed by atoms with Gasteiger partial charge in [0, 0.05) is 21.8 Å². The van der Waals surface area contributed by atoms with E-state index in [0.717, 1.165) is 16.7 Å². The standard InChI is InChI=1S/C15H12ClN3O/c1-9-5-6-11(8-13(9)17)15-18-14(19-20-15)10-3-2-4-12(16)7-10/h2-8H,17H2,1H3. The van der Waals surface area contributed by atoms with Crippen molar-refractivity contribution in [2.75, 3.05) is 5.73 Å². The van der Waals surface area contributed by atoms with E-state index >= 15 is 0 Å². The summed E-state index contributed by atoms with van der Waals surface area (Å²) < 4.78 is 5.28. The van der Waals surface area contributed by atoms with Gasteiger partial charge in [0.2, 0.25) is 5.82 Å². The molecule has 0 aliphatic carbocycles. The SMILES string of the molecule is Cc1ccc(-c2nc(-c3cccc(Cl)c3)no2)cc1N. The Labute approximate surface area is 121 Å². The van der Waals surface area contributed by atoms with E-state index in [0.29, 0.717) is 22.4 Å². The van der Waals surface area contributed by atoms with Gasteiger partial charge in [-0.1, -0.05) is 35.0 Å². The van der Waals surface area contributed by atoms with Gasteiger partial charge < -0.3 is 10.3 Å². The summed E-state index contributed by atoms with van der Waals surface area (Å²) in [7, 11) is 0. The number of benzene rings is 2. The quantitative estimate of drug-likeness (QED) is 0.724. The van der Waals surface area contributed by atoms with Gasteiger partial charge in [-0.15, -0.1) is 0 Å². The van der Waals surface area contributed by atoms with Crippen LogP contribution in [0.4, 0.5) is 5.69 Å². The largest absolute Gasteiger partial charge is 0.398 e. The molecule has 0 spiro atoms. The lowest BCUT2D eigenvalue weighted by Crippen LogP contribution is -1.90. The van der Waals surface area contributed by atoms with Gasteiger partial charge >= 0.3 is 0 Å². The summed E-state index contributed by atoms with van der Waals surface area (Å²) in [6, 6.07) is 13.0. The summed E-state index contributed by atoms with van der Waals surface area (Å²) in [6.45, 7) is 1.95. The average Bonchev–Trinajstić information content (AvgIpc) is 2.92. The Morgan fingerprint density at radius 3 is 2.70 bits per heavy atom. The molecule has 3 rings (SSSR count). The van der Waals surface area contributed by atoms with Gasteiger partial charge in [0.1, 0.15) is 0 Å². The van der Waals surface area contributed by atoms with Crippen molar-refractivity contribution in [2.45, 2.75) is 6.92 Å². The zero-order valence-electron chi connectivity index (χ0n) is 10.8. The molecule has 2 aromatic carbocycles. The molecule has 0 bridgehead atoms. The molecule has 20 heavy (non-hydrogen) atoms. The molecule has 0 saturated heterocycles. The summed E-state index contributed by atoms with van der Waals surface area (Å²) in [5, 5.41) is 4.60. The highest BCUT2D eigenvalue weighted by molar-refractivity contribution is 6.30. The topological polar surface area (TPSA) is 64.9 Å². The first-order valence-electron chi connectivity index (χ1n) is 6.09. The number of aryl methyl sites for hydroxylation is 1. The van der Waals surface area contributed by atoms with Crippen LogP contribution >= 0.6 is 11.6 Å². The first kappa shape index (κ1) is 12.7. The third-order valence-corrected chi connectivity index (χ3v) is 3.27. The van der Waals surface area contributed by atoms with Crippen LogP contribution in [0.1, 0.15) is 5.56 Å². The van der Waals surface area contributed by atoms with Crippen molar-refractivity contribution < 1.29 is 4.52 Å². The normalized spacial score (nSPS) is 10.7. The highest BCUT2D eigenvalue weighted by Gasteiger charge is 2.11. The molecule has 0 unspecified atom stereocenters. The molecule has 1 heterocycles. The molecule has 2 N–H and O–H groups in total. The lowest BCUT2D eigenvalue weighted by atomic mass is 10.1. The Morgan fingerprint density at radius 2 is 1.95 bits per heavy atom. The predicted octanol–water partition coefficient (Wildman–Crippen LogP) is 3.95. The molecule has 1 aromatic heterocycles. The molecule has 3 aromatic rings. The fourth-order valence-corrected chi connectivity index (χ4v) is 2.05. The Morgan fingerprint density at radius 1 is 1.10 bits per heavy atom. The second-order valence-electron chi connectivity index (χ2n) is 4.50. The molecule has 0 radical (unpaired) electrons. The molecule has 4 nitrogen and oxygen atoms in total. The van der Waals surface area contributed by atoms with E-state index in [1.807, 2.05) is 37.3 Å². The molecule has 0 saturated carbocycles. The zero-order valence-corrected chi connectivity index (χ0v) is 11.6. The van der Waals surface area contributed by atoms with Gasteiger partial charge in [-0.05, 0) is 36.8 Å². The van der Waals surface area contributed by atoms with Gasteiger partial charge in [0.05, 0.1) is 0 Å². The lowest BCUT2D eigenvalue weighted by Gasteiger charge is -2.00. The summed E-state index contributed by atoms with van der Waals surface area (Å²) in [6.07, 6.45) is 0. The van der Waals surface area contributed by atoms with E-state index in [-0.39, 0.29) is 0 Å². The van der Waals surface area contributed by atoms with E-state index in [1.54, 1.807) is 12.1 Å². The van der Waals surface area contributed by atoms with E-state index < -0.39 is 0 Å². The minimum absolute atomic E-state index is 0.437. The molecular weight excluding hydrogens is 274 g/mol. The number of nitrogens with two attached hydrogens (primary N) is 1. The minimum atomic E-state index is 0.437. The third kappa shape index (κ3) is 2.38. The molecule has 0 fully saturated rings. The van der Waals surface area contributed by atoms with Gasteiger partial charge in [-0.25, -0.2) is 0 Å². The molecular formula is C15H12ClN3O. The maximum absolute atomic E-state index is 5.95. The molecule has 0 amide bonds. The van der Waals surface area contributed by atoms with Crippen LogP contribution in [0.25, 0.3) is 22.8 Å². The Hall–Kier alpha value is -2.33. The summed E-state index contributed by atoms with van der Waals surface area (Å²) in [5.74, 6) is 0.938. The Bertz CT molecular complexity index is 767. The van der Waals surface area contributed by atoms with Crippen molar-refractivity contribution in [1.29, 1.82) is 0 Å². The zero-order chi connectivity index (χ0) is 14.1. The smallest absolute Gasteiger partial charge is 0.258 e. The third-order valence-electron chi connectivity index (χ3n) is 3.04. The van der Waals surface area contributed by atoms with Gasteiger partial charge in [0.25, 0.3) is 5.89 Å². The predicted molar refractivity (Wildman–Crippen MR) is 79.3 cm³/mol. The van der Waals surface area contributed by atoms with Crippen molar-refractivity contribution in [3.8, 4) is 22.8 Å². The van der Waals surface area contributed by atoms with Crippen LogP contribution in [-0.2, 0) is 0 Å². The molecule has 5 heteroatoms. The van der Waals surface area contributed by atoms with E-state index in [4.69, 9.17) is 21.9 Å². The highest BCUT2D eigenvalue weighted by atomic mass is 35.5. The summed E-state index contributed by atoms with van der Waals surface area (Å²) >= 11 is 5.95. The molecule has 0 aliphatic rings. The highest BCUT2D eigenvalue weighted by Crippen LogP contribution is 2.26. The van der Waals surface area contributed by atoms with Crippen molar-refractivity contribution in [2.24, 2.45) is 0 Å². The second kappa shape index (κ2) is 4.98. The maximum atomic E-state index is 5.95. The van der Waals surface area contributed by atoms with Gasteiger partial charge in [-0.2, -0.15) is 4.98 Å². The minimum Gasteiger partial charge on any atom is -0.398 e. The van der Waals surface area contributed by atoms with Crippen LogP contribution in [0, 0.1) is 6.92 Å². The van der Waals surface area contributed by atoms with Crippen molar-refractivity contribution in [3.05, 3.63) is 53.1 Å². The maximum Gasteiger partial charge on any atom is 0.258 e. The van der Waals surface area contributed by atoms with Crippen LogP contribution in [0.3, 0.4) is 0 Å². The fourth-order valence-electron chi connectivity index (χ4n) is 1.86. The lowest BCUT2D eigenvalue weighted by molar-refractivity contribution is 0.432. The number of aromatic nitrogens is 2. The Balaban J connectivity index is 1.99. The van der Waals surface area contributed by atoms with Crippen LogP contribution in [0.5, 0.6) is 0 Å². The first-order valence-corrected chi connectivity index (χ1v) is 6.47. The van der Waals surface area contributed by atoms with E-state index in [2.05, 4.69) is 10.1 Å². The molecule has 0 atom stereocenters. The number of hydrogen-bond acceptors (Lipinski definition) is 4. The van der Waals surface area contributed by atoms with Gasteiger partial charge in [0.15, 0.2) is 0 Å². The van der Waals surface area contributed by atoms with Crippen LogP contribution in [0.15, 0.2) is 47.0 Å². The molecule has 100 valence electrons. The van der Waals surface area contributed by atoms with Crippen molar-refractivity contribution >= 4 is 17.3 Å². The summed E-state index contributed by atoms with van der Waals surface area (Å²) in [4.78, 5) is 4.37. The number of nitrogen functional groups attached to an aromatic ring is 1. The number of anilines is 1. The number of rotatable bonds is 2. The first-order chi connectivity index (χ1) is 9.63. The average molecular weight is 286 g/mol. The van der Waals surface area contributed by atoms with Crippen LogP contribution in [-0.4, -0.2) is 10.1 Å². The van der Waals surface area contributed by atoms with Crippen LogP contribution < -0.4 is 5.73 Å². The summed E-state index contributed by atoms with van der Waals surface area (Å²) in [5.41, 5.74) is 9.22. The number of nitrogens with zero attached hydrogens (tertiary/aromatic N) is 2. The number of halogens is 1. The van der Waals surface area contributed by atoms with E-state index in [1.165, 1.54) is 0 Å². The van der Waals surface area contributed by atoms with Crippen molar-refractivity contribution in [1.82, 2.24) is 10.1 Å². The second-order valence-corrected chi connectivity index (χ2v) is 4.94. The Kier molecular flexibility index (Phi) is 3.16. The van der Waals surface area contributed by atoms with Crippen LogP contribution in [0.2, 0.25) is 5.02 Å². The fraction of sp³-hybridized carbons (Fsp3) is 0.0667. The monoisotopic (exact) mass is 285 g/mol. The van der Waals surface area contributed by atoms with Crippen molar-refractivity contribution in [3.63, 3.8) is 0 Å². The van der Waals surface area contributed by atoms with E-state index in [9.17, 15) is 0 Å². The van der Waals surface area contributed by atoms with Gasteiger partial charge in [-0.3, -0.25) is 0 Å². The number of hydrogen-bond donors (Lipinski definition) is 1. The molecule has 0 aliphatic heterocycles.